The molecule has 1 unspecified atom stereocenters. The highest BCUT2D eigenvalue weighted by Gasteiger charge is 2.37. The maximum atomic E-state index is 12.6. The summed E-state index contributed by atoms with van der Waals surface area (Å²) in [6.07, 6.45) is 7.20. The van der Waals surface area contributed by atoms with E-state index in [9.17, 15) is 4.79 Å². The highest BCUT2D eigenvalue weighted by Crippen LogP contribution is 2.23. The predicted molar refractivity (Wildman–Crippen MR) is 86.1 cm³/mol. The fraction of sp³-hybridized carbons (Fsp3) is 0.688. The molecule has 0 spiro atoms. The van der Waals surface area contributed by atoms with Gasteiger partial charge in [-0.15, -0.1) is 0 Å². The van der Waals surface area contributed by atoms with Gasteiger partial charge in [0, 0.05) is 18.2 Å². The van der Waals surface area contributed by atoms with E-state index in [1.807, 2.05) is 20.0 Å². The molecule has 1 amide bonds. The molecule has 1 aliphatic heterocycles. The van der Waals surface area contributed by atoms with Gasteiger partial charge in [-0.25, -0.2) is 0 Å². The Balaban J connectivity index is 0.000000595. The van der Waals surface area contributed by atoms with E-state index < -0.39 is 5.54 Å². The van der Waals surface area contributed by atoms with Gasteiger partial charge in [0.15, 0.2) is 0 Å². The number of amides is 1. The Labute approximate surface area is 136 Å². The van der Waals surface area contributed by atoms with Gasteiger partial charge in [-0.1, -0.05) is 0 Å². The molecule has 2 aliphatic rings. The van der Waals surface area contributed by atoms with Crippen LogP contribution in [0.15, 0.2) is 6.20 Å². The van der Waals surface area contributed by atoms with Crippen LogP contribution in [0.1, 0.15) is 44.4 Å². The second-order valence-electron chi connectivity index (χ2n) is 6.65. The van der Waals surface area contributed by atoms with Crippen LogP contribution < -0.4 is 5.32 Å². The van der Waals surface area contributed by atoms with Crippen molar-refractivity contribution < 1.29 is 14.7 Å². The number of hydrogen-bond acceptors (Lipinski definition) is 4. The van der Waals surface area contributed by atoms with E-state index in [1.165, 1.54) is 24.1 Å². The molecule has 7 heteroatoms. The maximum absolute atomic E-state index is 12.6. The quantitative estimate of drug-likeness (QED) is 0.720. The first kappa shape index (κ1) is 17.5. The summed E-state index contributed by atoms with van der Waals surface area (Å²) >= 11 is 0. The number of carbonyl (C=O) groups is 2. The topological polar surface area (TPSA) is 98.3 Å². The van der Waals surface area contributed by atoms with Crippen molar-refractivity contribution >= 4 is 12.4 Å². The molecule has 0 aromatic carbocycles. The molecule has 3 N–H and O–H groups in total. The highest BCUT2D eigenvalue weighted by molar-refractivity contribution is 5.85. The Morgan fingerprint density at radius 2 is 2.13 bits per heavy atom. The van der Waals surface area contributed by atoms with Crippen LogP contribution in [0.2, 0.25) is 0 Å². The van der Waals surface area contributed by atoms with E-state index in [0.29, 0.717) is 0 Å². The zero-order valence-electron chi connectivity index (χ0n) is 13.8. The molecule has 0 saturated carbocycles. The highest BCUT2D eigenvalue weighted by atomic mass is 16.3. The van der Waals surface area contributed by atoms with Crippen molar-refractivity contribution in [3.63, 3.8) is 0 Å². The van der Waals surface area contributed by atoms with Crippen LogP contribution >= 0.6 is 0 Å². The average Bonchev–Trinajstić information content (AvgIpc) is 3.19. The number of H-pyrrole nitrogens is 1. The fourth-order valence-electron chi connectivity index (χ4n) is 3.31. The van der Waals surface area contributed by atoms with Crippen molar-refractivity contribution in [1.82, 2.24) is 20.4 Å². The molecule has 0 bridgehead atoms. The van der Waals surface area contributed by atoms with E-state index in [-0.39, 0.29) is 18.4 Å². The average molecular weight is 322 g/mol. The summed E-state index contributed by atoms with van der Waals surface area (Å²) in [6, 6.07) is 0.234. The number of hydrogen-bond donors (Lipinski definition) is 3. The van der Waals surface area contributed by atoms with Gasteiger partial charge in [-0.05, 0) is 58.2 Å². The number of rotatable bonds is 3. The van der Waals surface area contributed by atoms with Crippen LogP contribution in [-0.4, -0.2) is 57.3 Å². The van der Waals surface area contributed by atoms with Crippen molar-refractivity contribution in [2.45, 2.75) is 57.5 Å². The number of likely N-dealkylation sites (tertiary alicyclic amines) is 1. The molecule has 1 saturated heterocycles. The van der Waals surface area contributed by atoms with E-state index in [2.05, 4.69) is 20.4 Å². The normalized spacial score (nSPS) is 21.0. The van der Waals surface area contributed by atoms with Gasteiger partial charge in [0.25, 0.3) is 6.47 Å². The van der Waals surface area contributed by atoms with Crippen LogP contribution in [0.3, 0.4) is 0 Å². The van der Waals surface area contributed by atoms with Crippen LogP contribution in [0.4, 0.5) is 0 Å². The first-order valence-electron chi connectivity index (χ1n) is 8.14. The summed E-state index contributed by atoms with van der Waals surface area (Å²) in [5.41, 5.74) is 2.08. The molecular formula is C16H26N4O3. The van der Waals surface area contributed by atoms with Gasteiger partial charge in [-0.3, -0.25) is 19.6 Å². The number of carboxylic acid groups (broad SMARTS) is 1. The molecule has 3 rings (SSSR count). The molecule has 2 heterocycles. The summed E-state index contributed by atoms with van der Waals surface area (Å²) in [5.74, 6) is 0.160. The molecule has 1 fully saturated rings. The SMILES string of the molecule is CC(C)(C(=O)NC1CCc2cn[nH]c2C1)N1CCCC1.O=CO. The van der Waals surface area contributed by atoms with Gasteiger partial charge in [0.2, 0.25) is 5.91 Å². The summed E-state index contributed by atoms with van der Waals surface area (Å²) in [6.45, 7) is 5.90. The molecule has 23 heavy (non-hydrogen) atoms. The molecule has 1 aromatic rings. The van der Waals surface area contributed by atoms with E-state index in [0.717, 1.165) is 32.4 Å². The fourth-order valence-corrected chi connectivity index (χ4v) is 3.31. The lowest BCUT2D eigenvalue weighted by atomic mass is 9.92. The molecule has 7 nitrogen and oxygen atoms in total. The second kappa shape index (κ2) is 7.59. The monoisotopic (exact) mass is 322 g/mol. The lowest BCUT2D eigenvalue weighted by Gasteiger charge is -2.35. The molecule has 128 valence electrons. The predicted octanol–water partition coefficient (Wildman–Crippen LogP) is 0.958. The smallest absolute Gasteiger partial charge is 0.290 e. The summed E-state index contributed by atoms with van der Waals surface area (Å²) < 4.78 is 0. The van der Waals surface area contributed by atoms with Crippen LogP contribution in [-0.2, 0) is 22.4 Å². The third-order valence-corrected chi connectivity index (χ3v) is 4.81. The Bertz CT molecular complexity index is 535. The molecule has 1 aliphatic carbocycles. The minimum absolute atomic E-state index is 0.160. The van der Waals surface area contributed by atoms with Crippen molar-refractivity contribution in [3.05, 3.63) is 17.5 Å². The summed E-state index contributed by atoms with van der Waals surface area (Å²) in [4.78, 5) is 23.3. The Morgan fingerprint density at radius 3 is 2.78 bits per heavy atom. The molecule has 0 radical (unpaired) electrons. The zero-order valence-corrected chi connectivity index (χ0v) is 13.8. The summed E-state index contributed by atoms with van der Waals surface area (Å²) in [7, 11) is 0. The first-order chi connectivity index (χ1) is 11.0. The zero-order chi connectivity index (χ0) is 16.9. The standard InChI is InChI=1S/C15H24N4O.CH2O2/c1-15(2,19-7-3-4-8-19)14(20)17-12-6-5-11-10-16-18-13(11)9-12;2-1-3/h10,12H,3-9H2,1-2H3,(H,16,18)(H,17,20);1H,(H,2,3). The number of aromatic nitrogens is 2. The van der Waals surface area contributed by atoms with E-state index >= 15 is 0 Å². The lowest BCUT2D eigenvalue weighted by molar-refractivity contribution is -0.132. The number of carbonyl (C=O) groups excluding carboxylic acids is 1. The summed E-state index contributed by atoms with van der Waals surface area (Å²) in [5, 5.41) is 17.3. The van der Waals surface area contributed by atoms with Crippen molar-refractivity contribution in [2.24, 2.45) is 0 Å². The Kier molecular flexibility index (Phi) is 5.76. The van der Waals surface area contributed by atoms with Crippen molar-refractivity contribution in [1.29, 1.82) is 0 Å². The van der Waals surface area contributed by atoms with Gasteiger partial charge < -0.3 is 10.4 Å². The van der Waals surface area contributed by atoms with Crippen LogP contribution in [0, 0.1) is 0 Å². The van der Waals surface area contributed by atoms with Crippen LogP contribution in [0.5, 0.6) is 0 Å². The van der Waals surface area contributed by atoms with Crippen molar-refractivity contribution in [2.75, 3.05) is 13.1 Å². The van der Waals surface area contributed by atoms with Gasteiger partial charge in [0.1, 0.15) is 0 Å². The third-order valence-electron chi connectivity index (χ3n) is 4.81. The number of aryl methyl sites for hydroxylation is 1. The van der Waals surface area contributed by atoms with Gasteiger partial charge in [-0.2, -0.15) is 5.10 Å². The van der Waals surface area contributed by atoms with Crippen molar-refractivity contribution in [3.8, 4) is 0 Å². The Hall–Kier alpha value is -1.89. The largest absolute Gasteiger partial charge is 0.483 e. The lowest BCUT2D eigenvalue weighted by Crippen LogP contribution is -2.56. The number of aromatic amines is 1. The molecule has 1 aromatic heterocycles. The van der Waals surface area contributed by atoms with E-state index in [1.54, 1.807) is 0 Å². The number of fused-ring (bicyclic) bond motifs is 1. The number of nitrogens with zero attached hydrogens (tertiary/aromatic N) is 2. The third kappa shape index (κ3) is 4.10. The minimum Gasteiger partial charge on any atom is -0.483 e. The second-order valence-corrected chi connectivity index (χ2v) is 6.65. The Morgan fingerprint density at radius 1 is 1.48 bits per heavy atom. The first-order valence-corrected chi connectivity index (χ1v) is 8.14. The molecule has 1 atom stereocenters. The number of nitrogens with one attached hydrogen (secondary N) is 2. The van der Waals surface area contributed by atoms with Crippen LogP contribution in [0.25, 0.3) is 0 Å². The van der Waals surface area contributed by atoms with E-state index in [4.69, 9.17) is 9.90 Å². The minimum atomic E-state index is -0.398. The van der Waals surface area contributed by atoms with Gasteiger partial charge in [0.05, 0.1) is 11.7 Å². The molecular weight excluding hydrogens is 296 g/mol. The maximum Gasteiger partial charge on any atom is 0.290 e. The van der Waals surface area contributed by atoms with Gasteiger partial charge >= 0.3 is 0 Å².